The number of halogens is 3. The van der Waals surface area contributed by atoms with Gasteiger partial charge in [-0.15, -0.1) is 0 Å². The predicted octanol–water partition coefficient (Wildman–Crippen LogP) is 3.89. The van der Waals surface area contributed by atoms with E-state index in [0.29, 0.717) is 5.92 Å². The van der Waals surface area contributed by atoms with Gasteiger partial charge >= 0.3 is 6.18 Å². The Morgan fingerprint density at radius 3 is 2.18 bits per heavy atom. The van der Waals surface area contributed by atoms with E-state index in [1.165, 1.54) is 6.20 Å². The molecule has 1 aromatic rings. The van der Waals surface area contributed by atoms with Crippen LogP contribution in [-0.4, -0.2) is 9.97 Å². The van der Waals surface area contributed by atoms with E-state index in [0.717, 1.165) is 6.07 Å². The quantitative estimate of drug-likeness (QED) is 0.808. The number of aromatic nitrogens is 2. The van der Waals surface area contributed by atoms with Crippen LogP contribution in [0.4, 0.5) is 13.2 Å². The molecule has 0 saturated carbocycles. The van der Waals surface area contributed by atoms with Gasteiger partial charge in [-0.05, 0) is 17.9 Å². The van der Waals surface area contributed by atoms with Gasteiger partial charge in [-0.1, -0.05) is 27.7 Å². The van der Waals surface area contributed by atoms with Gasteiger partial charge in [0.05, 0.1) is 0 Å². The fraction of sp³-hybridized carbons (Fsp3) is 0.667. The standard InChI is InChI=1S/C12H17F3N2/c1-7(2)8(3)9(4)11-16-6-5-10(17-11)12(13,14)15/h5-9H,1-4H3. The summed E-state index contributed by atoms with van der Waals surface area (Å²) in [7, 11) is 0. The lowest BCUT2D eigenvalue weighted by atomic mass is 9.85. The van der Waals surface area contributed by atoms with E-state index in [9.17, 15) is 13.2 Å². The van der Waals surface area contributed by atoms with Crippen LogP contribution in [-0.2, 0) is 6.18 Å². The van der Waals surface area contributed by atoms with E-state index in [2.05, 4.69) is 9.97 Å². The molecule has 2 unspecified atom stereocenters. The Balaban J connectivity index is 3.00. The lowest BCUT2D eigenvalue weighted by Gasteiger charge is -2.22. The van der Waals surface area contributed by atoms with E-state index in [4.69, 9.17) is 0 Å². The third-order valence-corrected chi connectivity index (χ3v) is 3.21. The topological polar surface area (TPSA) is 25.8 Å². The summed E-state index contributed by atoms with van der Waals surface area (Å²) in [6.07, 6.45) is -3.23. The number of hydrogen-bond donors (Lipinski definition) is 0. The second-order valence-corrected chi connectivity index (χ2v) is 4.69. The maximum Gasteiger partial charge on any atom is 0.433 e. The minimum absolute atomic E-state index is 0.0858. The molecule has 96 valence electrons. The first-order valence-electron chi connectivity index (χ1n) is 5.63. The Morgan fingerprint density at radius 1 is 1.12 bits per heavy atom. The maximum atomic E-state index is 12.5. The summed E-state index contributed by atoms with van der Waals surface area (Å²) >= 11 is 0. The van der Waals surface area contributed by atoms with Crippen LogP contribution in [0.15, 0.2) is 12.3 Å². The van der Waals surface area contributed by atoms with Crippen LogP contribution in [0.5, 0.6) is 0 Å². The predicted molar refractivity (Wildman–Crippen MR) is 59.5 cm³/mol. The minimum atomic E-state index is -4.40. The van der Waals surface area contributed by atoms with Crippen molar-refractivity contribution in [2.75, 3.05) is 0 Å². The molecule has 2 nitrogen and oxygen atoms in total. The number of hydrogen-bond acceptors (Lipinski definition) is 2. The lowest BCUT2D eigenvalue weighted by Crippen LogP contribution is -2.17. The Labute approximate surface area is 99.3 Å². The van der Waals surface area contributed by atoms with Crippen LogP contribution >= 0.6 is 0 Å². The van der Waals surface area contributed by atoms with Crippen molar-refractivity contribution in [3.05, 3.63) is 23.8 Å². The second kappa shape index (κ2) is 5.02. The molecule has 0 radical (unpaired) electrons. The summed E-state index contributed by atoms with van der Waals surface area (Å²) in [4.78, 5) is 7.56. The molecule has 1 heterocycles. The molecule has 0 aliphatic heterocycles. The Bertz CT molecular complexity index is 374. The van der Waals surface area contributed by atoms with Crippen LogP contribution in [0.3, 0.4) is 0 Å². The SMILES string of the molecule is CC(C)C(C)C(C)c1nccc(C(F)(F)F)n1. The van der Waals surface area contributed by atoms with Crippen molar-refractivity contribution >= 4 is 0 Å². The van der Waals surface area contributed by atoms with Crippen molar-refractivity contribution in [1.29, 1.82) is 0 Å². The van der Waals surface area contributed by atoms with Crippen LogP contribution in [0.25, 0.3) is 0 Å². The molecule has 0 bridgehead atoms. The van der Waals surface area contributed by atoms with Gasteiger partial charge in [-0.2, -0.15) is 13.2 Å². The van der Waals surface area contributed by atoms with E-state index < -0.39 is 11.9 Å². The molecule has 0 spiro atoms. The molecule has 5 heteroatoms. The highest BCUT2D eigenvalue weighted by Crippen LogP contribution is 2.31. The summed E-state index contributed by atoms with van der Waals surface area (Å²) in [5.74, 6) is 0.792. The largest absolute Gasteiger partial charge is 0.433 e. The zero-order chi connectivity index (χ0) is 13.2. The van der Waals surface area contributed by atoms with Gasteiger partial charge in [-0.25, -0.2) is 9.97 Å². The van der Waals surface area contributed by atoms with Crippen LogP contribution in [0.1, 0.15) is 45.1 Å². The Kier molecular flexibility index (Phi) is 4.11. The van der Waals surface area contributed by atoms with Gasteiger partial charge in [-0.3, -0.25) is 0 Å². The molecular formula is C12H17F3N2. The minimum Gasteiger partial charge on any atom is -0.241 e. The number of rotatable bonds is 3. The summed E-state index contributed by atoms with van der Waals surface area (Å²) < 4.78 is 37.5. The molecule has 1 aromatic heterocycles. The highest BCUT2D eigenvalue weighted by Gasteiger charge is 2.33. The molecule has 17 heavy (non-hydrogen) atoms. The molecule has 0 aliphatic rings. The summed E-state index contributed by atoms with van der Waals surface area (Å²) in [6, 6.07) is 0.899. The fourth-order valence-corrected chi connectivity index (χ4v) is 1.56. The van der Waals surface area contributed by atoms with Gasteiger partial charge < -0.3 is 0 Å². The smallest absolute Gasteiger partial charge is 0.241 e. The van der Waals surface area contributed by atoms with E-state index in [1.54, 1.807) is 0 Å². The number of nitrogens with zero attached hydrogens (tertiary/aromatic N) is 2. The first kappa shape index (κ1) is 13.9. The molecule has 2 atom stereocenters. The summed E-state index contributed by atoms with van der Waals surface area (Å²) in [5, 5.41) is 0. The molecule has 0 fully saturated rings. The van der Waals surface area contributed by atoms with Gasteiger partial charge in [0, 0.05) is 12.1 Å². The van der Waals surface area contributed by atoms with Crippen LogP contribution < -0.4 is 0 Å². The highest BCUT2D eigenvalue weighted by molar-refractivity contribution is 5.09. The Morgan fingerprint density at radius 2 is 1.71 bits per heavy atom. The van der Waals surface area contributed by atoms with Crippen molar-refractivity contribution in [3.8, 4) is 0 Å². The van der Waals surface area contributed by atoms with Crippen molar-refractivity contribution in [2.24, 2.45) is 11.8 Å². The molecule has 0 aromatic carbocycles. The fourth-order valence-electron chi connectivity index (χ4n) is 1.56. The van der Waals surface area contributed by atoms with Gasteiger partial charge in [0.1, 0.15) is 11.5 Å². The van der Waals surface area contributed by atoms with E-state index >= 15 is 0 Å². The normalized spacial score (nSPS) is 16.0. The molecule has 0 amide bonds. The molecule has 0 aliphatic carbocycles. The third-order valence-electron chi connectivity index (χ3n) is 3.21. The van der Waals surface area contributed by atoms with Crippen molar-refractivity contribution < 1.29 is 13.2 Å². The molecular weight excluding hydrogens is 229 g/mol. The zero-order valence-corrected chi connectivity index (χ0v) is 10.4. The van der Waals surface area contributed by atoms with Gasteiger partial charge in [0.2, 0.25) is 0 Å². The first-order chi connectivity index (χ1) is 7.73. The van der Waals surface area contributed by atoms with E-state index in [1.807, 2.05) is 27.7 Å². The second-order valence-electron chi connectivity index (χ2n) is 4.69. The average Bonchev–Trinajstić information content (AvgIpc) is 2.26. The van der Waals surface area contributed by atoms with Crippen LogP contribution in [0, 0.1) is 11.8 Å². The van der Waals surface area contributed by atoms with Gasteiger partial charge in [0.25, 0.3) is 0 Å². The third kappa shape index (κ3) is 3.41. The summed E-state index contributed by atoms with van der Waals surface area (Å²) in [5.41, 5.74) is -0.870. The Hall–Kier alpha value is -1.13. The van der Waals surface area contributed by atoms with Crippen molar-refractivity contribution in [1.82, 2.24) is 9.97 Å². The van der Waals surface area contributed by atoms with Crippen molar-refractivity contribution in [3.63, 3.8) is 0 Å². The van der Waals surface area contributed by atoms with E-state index in [-0.39, 0.29) is 17.7 Å². The lowest BCUT2D eigenvalue weighted by molar-refractivity contribution is -0.141. The molecule has 0 saturated heterocycles. The highest BCUT2D eigenvalue weighted by atomic mass is 19.4. The average molecular weight is 246 g/mol. The molecule has 0 N–H and O–H groups in total. The maximum absolute atomic E-state index is 12.5. The van der Waals surface area contributed by atoms with Crippen LogP contribution in [0.2, 0.25) is 0 Å². The molecule has 1 rings (SSSR count). The first-order valence-corrected chi connectivity index (χ1v) is 5.63. The number of alkyl halides is 3. The monoisotopic (exact) mass is 246 g/mol. The zero-order valence-electron chi connectivity index (χ0n) is 10.4. The summed E-state index contributed by atoms with van der Waals surface area (Å²) in [6.45, 7) is 7.93. The van der Waals surface area contributed by atoms with Crippen molar-refractivity contribution in [2.45, 2.75) is 39.8 Å². The van der Waals surface area contributed by atoms with Gasteiger partial charge in [0.15, 0.2) is 0 Å².